The summed E-state index contributed by atoms with van der Waals surface area (Å²) in [4.78, 5) is 31.6. The van der Waals surface area contributed by atoms with Crippen molar-refractivity contribution in [3.63, 3.8) is 0 Å². The van der Waals surface area contributed by atoms with Crippen LogP contribution in [0.15, 0.2) is 59.6 Å². The topological polar surface area (TPSA) is 74.3 Å². The van der Waals surface area contributed by atoms with Gasteiger partial charge in [0.2, 0.25) is 0 Å². The second-order valence-electron chi connectivity index (χ2n) is 7.55. The summed E-state index contributed by atoms with van der Waals surface area (Å²) in [5, 5.41) is 6.58. The highest BCUT2D eigenvalue weighted by atomic mass is 32.2. The highest BCUT2D eigenvalue weighted by Crippen LogP contribution is 2.36. The Bertz CT molecular complexity index is 1150. The van der Waals surface area contributed by atoms with Crippen LogP contribution in [0.25, 0.3) is 0 Å². The number of pyridine rings is 1. The van der Waals surface area contributed by atoms with Crippen molar-refractivity contribution in [3.05, 3.63) is 82.8 Å². The molecule has 0 saturated carbocycles. The third-order valence-corrected chi connectivity index (χ3v) is 6.06. The summed E-state index contributed by atoms with van der Waals surface area (Å²) in [6, 6.07) is 14.4. The lowest BCUT2D eigenvalue weighted by atomic mass is 10.1. The van der Waals surface area contributed by atoms with E-state index in [1.807, 2.05) is 19.9 Å². The normalized spacial score (nSPS) is 12.8. The third kappa shape index (κ3) is 4.91. The number of thioether (sulfide) groups is 1. The van der Waals surface area contributed by atoms with Gasteiger partial charge in [-0.25, -0.2) is 14.2 Å². The number of aryl methyl sites for hydroxylation is 2. The molecule has 2 N–H and O–H groups in total. The summed E-state index contributed by atoms with van der Waals surface area (Å²) in [7, 11) is 0. The first-order valence-electron chi connectivity index (χ1n) is 10.2. The number of nitrogens with zero attached hydrogens (tertiary/aromatic N) is 2. The fraction of sp³-hybridized carbons (Fsp3) is 0.208. The zero-order chi connectivity index (χ0) is 22.7. The van der Waals surface area contributed by atoms with Gasteiger partial charge in [0, 0.05) is 35.8 Å². The van der Waals surface area contributed by atoms with Crippen LogP contribution in [0.5, 0.6) is 0 Å². The molecule has 3 amide bonds. The molecule has 2 heterocycles. The van der Waals surface area contributed by atoms with Crippen LogP contribution >= 0.6 is 11.8 Å². The van der Waals surface area contributed by atoms with Crippen molar-refractivity contribution in [2.75, 3.05) is 22.5 Å². The fourth-order valence-corrected chi connectivity index (χ4v) is 4.64. The Kier molecular flexibility index (Phi) is 6.41. The molecule has 3 aromatic rings. The Labute approximate surface area is 190 Å². The molecule has 0 bridgehead atoms. The summed E-state index contributed by atoms with van der Waals surface area (Å²) >= 11 is 1.66. The second-order valence-corrected chi connectivity index (χ2v) is 8.63. The van der Waals surface area contributed by atoms with Crippen LogP contribution in [0, 0.1) is 19.7 Å². The minimum Gasteiger partial charge on any atom is -0.348 e. The van der Waals surface area contributed by atoms with Crippen molar-refractivity contribution in [1.29, 1.82) is 0 Å². The lowest BCUT2D eigenvalue weighted by Crippen LogP contribution is -2.39. The summed E-state index contributed by atoms with van der Waals surface area (Å²) in [5.74, 6) is 0.223. The molecule has 0 spiro atoms. The fourth-order valence-electron chi connectivity index (χ4n) is 3.56. The number of halogens is 1. The average Bonchev–Trinajstić information content (AvgIpc) is 2.78. The molecule has 0 radical (unpaired) electrons. The molecule has 1 aromatic heterocycles. The van der Waals surface area contributed by atoms with Gasteiger partial charge < -0.3 is 10.6 Å². The number of hydrogen-bond donors (Lipinski definition) is 2. The SMILES string of the molecule is Cc1cc(C)c2c(n1)SCCN2C(=O)Nc1ccc(C(=O)NCc2ccc(F)cc2)cc1. The molecule has 8 heteroatoms. The maximum Gasteiger partial charge on any atom is 0.326 e. The minimum atomic E-state index is -0.314. The Balaban J connectivity index is 1.39. The van der Waals surface area contributed by atoms with Crippen molar-refractivity contribution in [1.82, 2.24) is 10.3 Å². The number of rotatable bonds is 4. The monoisotopic (exact) mass is 450 g/mol. The minimum absolute atomic E-state index is 0.228. The van der Waals surface area contributed by atoms with Gasteiger partial charge in [-0.15, -0.1) is 11.8 Å². The number of carbonyl (C=O) groups excluding carboxylic acids is 2. The largest absolute Gasteiger partial charge is 0.348 e. The van der Waals surface area contributed by atoms with Gasteiger partial charge in [-0.3, -0.25) is 9.69 Å². The maximum atomic E-state index is 13.0. The molecule has 1 aliphatic rings. The van der Waals surface area contributed by atoms with Gasteiger partial charge in [-0.2, -0.15) is 0 Å². The second kappa shape index (κ2) is 9.40. The predicted octanol–water partition coefficient (Wildman–Crippen LogP) is 4.91. The number of fused-ring (bicyclic) bond motifs is 1. The number of aromatic nitrogens is 1. The smallest absolute Gasteiger partial charge is 0.326 e. The van der Waals surface area contributed by atoms with E-state index < -0.39 is 0 Å². The van der Waals surface area contributed by atoms with E-state index in [0.717, 1.165) is 33.3 Å². The third-order valence-electron chi connectivity index (χ3n) is 5.11. The molecule has 1 aliphatic heterocycles. The molecule has 0 saturated heterocycles. The number of carbonyl (C=O) groups is 2. The zero-order valence-electron chi connectivity index (χ0n) is 17.8. The first kappa shape index (κ1) is 21.8. The van der Waals surface area contributed by atoms with Crippen LogP contribution in [0.1, 0.15) is 27.2 Å². The Hall–Kier alpha value is -3.39. The summed E-state index contributed by atoms with van der Waals surface area (Å²) in [6.07, 6.45) is 0. The summed E-state index contributed by atoms with van der Waals surface area (Å²) in [6.45, 7) is 4.83. The van der Waals surface area contributed by atoms with E-state index in [4.69, 9.17) is 0 Å². The molecule has 6 nitrogen and oxygen atoms in total. The summed E-state index contributed by atoms with van der Waals surface area (Å²) < 4.78 is 13.0. The lowest BCUT2D eigenvalue weighted by Gasteiger charge is -2.30. The molecule has 0 atom stereocenters. The quantitative estimate of drug-likeness (QED) is 0.592. The molecule has 4 rings (SSSR count). The molecule has 0 aliphatic carbocycles. The van der Waals surface area contributed by atoms with Gasteiger partial charge in [0.25, 0.3) is 5.91 Å². The van der Waals surface area contributed by atoms with E-state index in [-0.39, 0.29) is 17.8 Å². The van der Waals surface area contributed by atoms with Crippen LogP contribution in [-0.4, -0.2) is 29.2 Å². The van der Waals surface area contributed by atoms with Gasteiger partial charge in [-0.05, 0) is 67.4 Å². The van der Waals surface area contributed by atoms with E-state index in [1.54, 1.807) is 53.1 Å². The van der Waals surface area contributed by atoms with E-state index in [0.29, 0.717) is 24.3 Å². The highest BCUT2D eigenvalue weighted by molar-refractivity contribution is 7.99. The lowest BCUT2D eigenvalue weighted by molar-refractivity contribution is 0.0951. The average molecular weight is 451 g/mol. The molecule has 2 aromatic carbocycles. The van der Waals surface area contributed by atoms with Crippen molar-refractivity contribution >= 4 is 35.1 Å². The van der Waals surface area contributed by atoms with Gasteiger partial charge >= 0.3 is 6.03 Å². The Morgan fingerprint density at radius 2 is 1.81 bits per heavy atom. The number of benzene rings is 2. The van der Waals surface area contributed by atoms with Crippen LogP contribution in [0.3, 0.4) is 0 Å². The van der Waals surface area contributed by atoms with Gasteiger partial charge in [0.1, 0.15) is 10.8 Å². The van der Waals surface area contributed by atoms with E-state index in [2.05, 4.69) is 15.6 Å². The van der Waals surface area contributed by atoms with E-state index in [1.165, 1.54) is 12.1 Å². The van der Waals surface area contributed by atoms with Gasteiger partial charge in [-0.1, -0.05) is 12.1 Å². The summed E-state index contributed by atoms with van der Waals surface area (Å²) in [5.41, 5.74) is 4.68. The molecule has 0 unspecified atom stereocenters. The Morgan fingerprint density at radius 1 is 1.09 bits per heavy atom. The highest BCUT2D eigenvalue weighted by Gasteiger charge is 2.26. The number of nitrogens with one attached hydrogen (secondary N) is 2. The molecule has 0 fully saturated rings. The van der Waals surface area contributed by atoms with Crippen LogP contribution < -0.4 is 15.5 Å². The van der Waals surface area contributed by atoms with E-state index in [9.17, 15) is 14.0 Å². The number of amides is 3. The van der Waals surface area contributed by atoms with Crippen molar-refractivity contribution in [2.24, 2.45) is 0 Å². The zero-order valence-corrected chi connectivity index (χ0v) is 18.6. The number of urea groups is 1. The Morgan fingerprint density at radius 3 is 2.53 bits per heavy atom. The molecule has 32 heavy (non-hydrogen) atoms. The standard InChI is InChI=1S/C24H23FN4O2S/c1-15-13-16(2)27-23-21(15)29(11-12-32-23)24(31)28-20-9-5-18(6-10-20)22(30)26-14-17-3-7-19(25)8-4-17/h3-10,13H,11-12,14H2,1-2H3,(H,26,30)(H,28,31). The van der Waals surface area contributed by atoms with Crippen molar-refractivity contribution < 1.29 is 14.0 Å². The van der Waals surface area contributed by atoms with Gasteiger partial charge in [0.05, 0.1) is 5.69 Å². The van der Waals surface area contributed by atoms with Crippen molar-refractivity contribution in [3.8, 4) is 0 Å². The first-order chi connectivity index (χ1) is 15.4. The molecular weight excluding hydrogens is 427 g/mol. The number of hydrogen-bond acceptors (Lipinski definition) is 4. The first-order valence-corrected chi connectivity index (χ1v) is 11.2. The molecular formula is C24H23FN4O2S. The molecule has 164 valence electrons. The van der Waals surface area contributed by atoms with Crippen molar-refractivity contribution in [2.45, 2.75) is 25.4 Å². The van der Waals surface area contributed by atoms with Gasteiger partial charge in [0.15, 0.2) is 0 Å². The predicted molar refractivity (Wildman–Crippen MR) is 125 cm³/mol. The van der Waals surface area contributed by atoms with Crippen LogP contribution in [-0.2, 0) is 6.54 Å². The maximum absolute atomic E-state index is 13.0. The van der Waals surface area contributed by atoms with E-state index >= 15 is 0 Å². The van der Waals surface area contributed by atoms with Crippen LogP contribution in [0.4, 0.5) is 20.6 Å². The van der Waals surface area contributed by atoms with Crippen LogP contribution in [0.2, 0.25) is 0 Å². The number of anilines is 2.